The molecule has 496 valence electrons. The molecule has 0 saturated carbocycles. The van der Waals surface area contributed by atoms with Crippen LogP contribution in [0.4, 0.5) is 21.0 Å². The number of rotatable bonds is 20. The van der Waals surface area contributed by atoms with E-state index in [1.54, 1.807) is 33.1 Å². The summed E-state index contributed by atoms with van der Waals surface area (Å²) in [6, 6.07) is 14.4. The summed E-state index contributed by atoms with van der Waals surface area (Å²) in [7, 11) is 0.777. The minimum absolute atomic E-state index is 0.139. The summed E-state index contributed by atoms with van der Waals surface area (Å²) in [4.78, 5) is 51.6. The van der Waals surface area contributed by atoms with Gasteiger partial charge in [0.15, 0.2) is 22.8 Å². The Bertz CT molecular complexity index is 3540. The van der Waals surface area contributed by atoms with Gasteiger partial charge in [0.2, 0.25) is 0 Å². The second-order valence-electron chi connectivity index (χ2n) is 28.6. The van der Waals surface area contributed by atoms with Gasteiger partial charge in [-0.15, -0.1) is 0 Å². The molecule has 2 amide bonds. The lowest BCUT2D eigenvalue weighted by Gasteiger charge is -2.36. The lowest BCUT2D eigenvalue weighted by Crippen LogP contribution is -2.50. The number of nitrogens with zero attached hydrogens (tertiary/aromatic N) is 16. The van der Waals surface area contributed by atoms with Crippen molar-refractivity contribution < 1.29 is 38.0 Å². The topological polar surface area (TPSA) is 224 Å². The average Bonchev–Trinajstić information content (AvgIpc) is 1.63. The minimum Gasteiger partial charge on any atom is -0.493 e. The first kappa shape index (κ1) is 68.4. The molecule has 8 aromatic rings. The maximum Gasteiger partial charge on any atom is 0.410 e. The van der Waals surface area contributed by atoms with Crippen molar-refractivity contribution in [2.24, 2.45) is 0 Å². The summed E-state index contributed by atoms with van der Waals surface area (Å²) in [5, 5.41) is 19.0. The molecule has 24 nitrogen and oxygen atoms in total. The van der Waals surface area contributed by atoms with Crippen molar-refractivity contribution in [3.8, 4) is 56.8 Å². The molecule has 0 N–H and O–H groups in total. The molecule has 0 spiro atoms. The summed E-state index contributed by atoms with van der Waals surface area (Å²) >= 11 is 0. The SMILES string of the molecule is COc1cc(-c2c(C(C)C)c(-c3ccc(N4CCN(C(=O)OC(C)(C)C)CC4)cn3)nn2COCC[Si](C)(C)C)cn2ncnc12.COc1cc(-c2c(C(C)C)c(-c3ccc(N4CCN(C(=O)OC(C)(C)C)CC4)cn3)nn2COCC[Si](C)(C)C)cn2ncnc12. The Morgan fingerprint density at radius 3 is 1.21 bits per heavy atom. The van der Waals surface area contributed by atoms with Crippen LogP contribution in [0.25, 0.3) is 56.6 Å². The minimum atomic E-state index is -1.25. The molecule has 2 aliphatic rings. The molecule has 0 unspecified atom stereocenters. The van der Waals surface area contributed by atoms with E-state index in [1.807, 2.05) is 100.0 Å². The van der Waals surface area contributed by atoms with Crippen LogP contribution in [-0.4, -0.2) is 188 Å². The van der Waals surface area contributed by atoms with Gasteiger partial charge in [-0.05, 0) is 102 Å². The van der Waals surface area contributed by atoms with E-state index in [-0.39, 0.29) is 24.0 Å². The van der Waals surface area contributed by atoms with E-state index in [0.717, 1.165) is 79.9 Å². The van der Waals surface area contributed by atoms with Gasteiger partial charge in [-0.1, -0.05) is 67.0 Å². The fourth-order valence-corrected chi connectivity index (χ4v) is 12.5. The molecule has 10 heterocycles. The van der Waals surface area contributed by atoms with Gasteiger partial charge in [-0.2, -0.15) is 20.4 Å². The molecule has 92 heavy (non-hydrogen) atoms. The number of aromatic nitrogens is 12. The van der Waals surface area contributed by atoms with Gasteiger partial charge < -0.3 is 48.0 Å². The summed E-state index contributed by atoms with van der Waals surface area (Å²) in [6.45, 7) is 41.3. The highest BCUT2D eigenvalue weighted by molar-refractivity contribution is 6.76. The third kappa shape index (κ3) is 17.0. The van der Waals surface area contributed by atoms with Gasteiger partial charge >= 0.3 is 12.2 Å². The van der Waals surface area contributed by atoms with Crippen LogP contribution in [0.15, 0.2) is 73.8 Å². The summed E-state index contributed by atoms with van der Waals surface area (Å²) in [6.07, 6.45) is 10.2. The van der Waals surface area contributed by atoms with Crippen LogP contribution >= 0.6 is 0 Å². The van der Waals surface area contributed by atoms with Gasteiger partial charge in [0.05, 0.1) is 60.8 Å². The van der Waals surface area contributed by atoms with Crippen molar-refractivity contribution in [1.82, 2.24) is 68.5 Å². The molecule has 0 bridgehead atoms. The first-order chi connectivity index (χ1) is 43.5. The summed E-state index contributed by atoms with van der Waals surface area (Å²) in [5.74, 6) is 1.54. The molecule has 0 radical (unpaired) electrons. The zero-order valence-electron chi connectivity index (χ0n) is 57.4. The third-order valence-corrected chi connectivity index (χ3v) is 19.2. The zero-order valence-corrected chi connectivity index (χ0v) is 59.4. The maximum absolute atomic E-state index is 12.5. The quantitative estimate of drug-likeness (QED) is 0.0511. The van der Waals surface area contributed by atoms with Crippen molar-refractivity contribution in [1.29, 1.82) is 0 Å². The van der Waals surface area contributed by atoms with E-state index in [4.69, 9.17) is 48.6 Å². The Morgan fingerprint density at radius 1 is 0.533 bits per heavy atom. The highest BCUT2D eigenvalue weighted by Gasteiger charge is 2.31. The fourth-order valence-electron chi connectivity index (χ4n) is 11.0. The van der Waals surface area contributed by atoms with E-state index in [0.29, 0.717) is 102 Å². The van der Waals surface area contributed by atoms with Gasteiger partial charge in [-0.25, -0.2) is 38.0 Å². The Hall–Kier alpha value is -7.95. The Kier molecular flexibility index (Phi) is 21.2. The predicted molar refractivity (Wildman–Crippen MR) is 364 cm³/mol. The van der Waals surface area contributed by atoms with Crippen molar-refractivity contribution in [3.63, 3.8) is 0 Å². The lowest BCUT2D eigenvalue weighted by molar-refractivity contribution is 0.0230. The second kappa shape index (κ2) is 28.5. The molecule has 26 heteroatoms. The number of anilines is 2. The number of methoxy groups -OCH3 is 2. The van der Waals surface area contributed by atoms with Gasteiger partial charge in [0.25, 0.3) is 0 Å². The van der Waals surface area contributed by atoms with Crippen LogP contribution < -0.4 is 19.3 Å². The number of hydrogen-bond acceptors (Lipinski definition) is 18. The number of amides is 2. The van der Waals surface area contributed by atoms with Crippen molar-refractivity contribution >= 4 is 51.0 Å². The van der Waals surface area contributed by atoms with Crippen molar-refractivity contribution in [2.75, 3.05) is 89.6 Å². The molecular formula is C66H96N16O8Si2. The number of carbonyl (C=O) groups is 2. The number of fused-ring (bicyclic) bond motifs is 2. The predicted octanol–water partition coefficient (Wildman–Crippen LogP) is 12.3. The molecule has 2 fully saturated rings. The van der Waals surface area contributed by atoms with Gasteiger partial charge in [-0.3, -0.25) is 9.97 Å². The molecule has 8 aromatic heterocycles. The Labute approximate surface area is 543 Å². The monoisotopic (exact) mass is 1300 g/mol. The molecule has 0 aliphatic carbocycles. The van der Waals surface area contributed by atoms with Crippen LogP contribution in [-0.2, 0) is 32.4 Å². The number of piperazine rings is 2. The van der Waals surface area contributed by atoms with Crippen molar-refractivity contribution in [2.45, 2.75) is 157 Å². The number of ether oxygens (including phenoxy) is 6. The molecule has 0 aromatic carbocycles. The highest BCUT2D eigenvalue weighted by atomic mass is 28.3. The van der Waals surface area contributed by atoms with Crippen LogP contribution in [0.3, 0.4) is 0 Å². The van der Waals surface area contributed by atoms with E-state index < -0.39 is 27.3 Å². The maximum atomic E-state index is 12.5. The highest BCUT2D eigenvalue weighted by Crippen LogP contribution is 2.41. The van der Waals surface area contributed by atoms with Crippen LogP contribution in [0.2, 0.25) is 51.4 Å². The third-order valence-electron chi connectivity index (χ3n) is 15.8. The first-order valence-electron chi connectivity index (χ1n) is 32.0. The van der Waals surface area contributed by atoms with Crippen molar-refractivity contribution in [3.05, 3.63) is 85.0 Å². The van der Waals surface area contributed by atoms with Crippen LogP contribution in [0, 0.1) is 0 Å². The van der Waals surface area contributed by atoms with E-state index in [2.05, 4.69) is 109 Å². The van der Waals surface area contributed by atoms with Crippen LogP contribution in [0.5, 0.6) is 11.5 Å². The molecule has 0 atom stereocenters. The second-order valence-corrected chi connectivity index (χ2v) is 39.8. The molecular weight excluding hydrogens is 1200 g/mol. The normalized spacial score (nSPS) is 14.4. The average molecular weight is 1300 g/mol. The van der Waals surface area contributed by atoms with Crippen LogP contribution in [0.1, 0.15) is 92.2 Å². The number of pyridine rings is 4. The molecule has 2 saturated heterocycles. The smallest absolute Gasteiger partial charge is 0.410 e. The van der Waals surface area contributed by atoms with E-state index in [9.17, 15) is 9.59 Å². The number of hydrogen-bond donors (Lipinski definition) is 0. The van der Waals surface area contributed by atoms with Gasteiger partial charge in [0.1, 0.15) is 48.7 Å². The first-order valence-corrected chi connectivity index (χ1v) is 39.4. The molecule has 2 aliphatic heterocycles. The van der Waals surface area contributed by atoms with E-state index in [1.165, 1.54) is 12.7 Å². The standard InChI is InChI=1S/2C33H48N8O4Si/c2*1-23(2)28-29(26-11-10-25(19-34-26)38-12-14-39(15-13-38)32(42)45-33(3,4)5)37-41(22-44-16-17-46(7,8)9)30(28)24-18-27(43-6)31-35-21-36-40(31)20-24/h2*10-11,18-21,23H,12-17,22H2,1-9H3. The Morgan fingerprint density at radius 2 is 0.902 bits per heavy atom. The fraction of sp³-hybridized carbons (Fsp3) is 0.545. The zero-order chi connectivity index (χ0) is 66.5. The summed E-state index contributed by atoms with van der Waals surface area (Å²) in [5.41, 5.74) is 11.4. The largest absolute Gasteiger partial charge is 0.493 e. The van der Waals surface area contributed by atoms with E-state index >= 15 is 0 Å². The lowest BCUT2D eigenvalue weighted by atomic mass is 9.95. The van der Waals surface area contributed by atoms with Gasteiger partial charge in [0, 0.05) is 116 Å². The molecule has 10 rings (SSSR count). The summed E-state index contributed by atoms with van der Waals surface area (Å²) < 4.78 is 42.3. The number of carbonyl (C=O) groups excluding carboxylic acids is 2. The Balaban J connectivity index is 0.000000217.